The van der Waals surface area contributed by atoms with E-state index >= 15 is 0 Å². The topological polar surface area (TPSA) is 50.8 Å². The molecule has 3 rings (SSSR count). The van der Waals surface area contributed by atoms with Crippen LogP contribution in [-0.2, 0) is 0 Å². The first-order valence-corrected chi connectivity index (χ1v) is 4.95. The normalized spacial score (nSPS) is 36.8. The summed E-state index contributed by atoms with van der Waals surface area (Å²) < 4.78 is 5.74. The van der Waals surface area contributed by atoms with Gasteiger partial charge in [-0.25, -0.2) is 0 Å². The Hall–Kier alpha value is -1.06. The average molecular weight is 179 g/mol. The number of aromatic nitrogens is 3. The number of aromatic amines is 1. The highest BCUT2D eigenvalue weighted by atomic mass is 16.5. The molecule has 70 valence electrons. The molecule has 1 N–H and O–H groups in total. The maximum absolute atomic E-state index is 5.74. The van der Waals surface area contributed by atoms with Crippen molar-refractivity contribution in [2.75, 3.05) is 0 Å². The first kappa shape index (κ1) is 7.35. The minimum atomic E-state index is 0.406. The Morgan fingerprint density at radius 1 is 1.38 bits per heavy atom. The monoisotopic (exact) mass is 179 g/mol. The van der Waals surface area contributed by atoms with E-state index in [1.54, 1.807) is 6.20 Å². The largest absolute Gasteiger partial charge is 0.472 e. The maximum Gasteiger partial charge on any atom is 0.253 e. The number of H-pyrrole nitrogens is 1. The molecule has 2 saturated carbocycles. The summed E-state index contributed by atoms with van der Waals surface area (Å²) >= 11 is 0. The standard InChI is InChI=1S/C9H13N3O/c1-2-7-3-6(1)4-8(7)13-9-5-10-12-11-9/h5-8H,1-4H2,(H,10,11,12). The van der Waals surface area contributed by atoms with Gasteiger partial charge in [-0.3, -0.25) is 5.10 Å². The van der Waals surface area contributed by atoms with Crippen molar-refractivity contribution in [2.45, 2.75) is 31.8 Å². The molecule has 0 spiro atoms. The second-order valence-electron chi connectivity index (χ2n) is 4.14. The van der Waals surface area contributed by atoms with Crippen molar-refractivity contribution in [3.63, 3.8) is 0 Å². The van der Waals surface area contributed by atoms with Crippen LogP contribution in [0.15, 0.2) is 6.20 Å². The molecule has 1 aromatic rings. The van der Waals surface area contributed by atoms with E-state index in [4.69, 9.17) is 4.74 Å². The fourth-order valence-corrected chi connectivity index (χ4v) is 2.73. The third kappa shape index (κ3) is 1.20. The highest BCUT2D eigenvalue weighted by Gasteiger charge is 2.41. The fourth-order valence-electron chi connectivity index (χ4n) is 2.73. The second kappa shape index (κ2) is 2.72. The van der Waals surface area contributed by atoms with Gasteiger partial charge in [0, 0.05) is 0 Å². The molecule has 3 unspecified atom stereocenters. The molecule has 1 heterocycles. The number of hydrogen-bond acceptors (Lipinski definition) is 3. The van der Waals surface area contributed by atoms with Gasteiger partial charge in [-0.15, -0.1) is 0 Å². The molecule has 13 heavy (non-hydrogen) atoms. The Bertz CT molecular complexity index is 285. The Morgan fingerprint density at radius 3 is 3.00 bits per heavy atom. The zero-order valence-electron chi connectivity index (χ0n) is 7.44. The molecule has 1 aromatic heterocycles. The van der Waals surface area contributed by atoms with Crippen LogP contribution < -0.4 is 4.74 Å². The Balaban J connectivity index is 1.68. The van der Waals surface area contributed by atoms with Gasteiger partial charge in [0.05, 0.1) is 6.20 Å². The van der Waals surface area contributed by atoms with E-state index < -0.39 is 0 Å². The quantitative estimate of drug-likeness (QED) is 0.746. The van der Waals surface area contributed by atoms with Gasteiger partial charge in [0.15, 0.2) is 0 Å². The number of nitrogens with zero attached hydrogens (tertiary/aromatic N) is 2. The number of fused-ring (bicyclic) bond motifs is 2. The Labute approximate surface area is 76.7 Å². The number of rotatable bonds is 2. The smallest absolute Gasteiger partial charge is 0.253 e. The van der Waals surface area contributed by atoms with Crippen molar-refractivity contribution >= 4 is 0 Å². The van der Waals surface area contributed by atoms with E-state index in [0.717, 1.165) is 11.8 Å². The van der Waals surface area contributed by atoms with E-state index in [1.165, 1.54) is 25.7 Å². The van der Waals surface area contributed by atoms with E-state index in [-0.39, 0.29) is 0 Å². The van der Waals surface area contributed by atoms with Crippen LogP contribution in [0, 0.1) is 11.8 Å². The summed E-state index contributed by atoms with van der Waals surface area (Å²) in [6.45, 7) is 0. The molecule has 0 amide bonds. The molecule has 4 heteroatoms. The van der Waals surface area contributed by atoms with Gasteiger partial charge in [-0.2, -0.15) is 0 Å². The summed E-state index contributed by atoms with van der Waals surface area (Å²) in [7, 11) is 0. The van der Waals surface area contributed by atoms with E-state index in [2.05, 4.69) is 15.4 Å². The predicted octanol–water partition coefficient (Wildman–Crippen LogP) is 1.37. The molecular weight excluding hydrogens is 166 g/mol. The molecule has 2 bridgehead atoms. The van der Waals surface area contributed by atoms with Crippen LogP contribution in [0.4, 0.5) is 0 Å². The van der Waals surface area contributed by atoms with Gasteiger partial charge in [0.2, 0.25) is 0 Å². The SMILES string of the molecule is c1[nH]nnc1OC1CC2CCC1C2. The van der Waals surface area contributed by atoms with Gasteiger partial charge < -0.3 is 4.74 Å². The third-order valence-electron chi connectivity index (χ3n) is 3.34. The minimum Gasteiger partial charge on any atom is -0.472 e. The summed E-state index contributed by atoms with van der Waals surface area (Å²) in [6.07, 6.45) is 7.45. The maximum atomic E-state index is 5.74. The lowest BCUT2D eigenvalue weighted by molar-refractivity contribution is 0.132. The first-order valence-electron chi connectivity index (χ1n) is 4.95. The van der Waals surface area contributed by atoms with E-state index in [1.807, 2.05) is 0 Å². The average Bonchev–Trinajstić information content (AvgIpc) is 2.77. The molecule has 0 saturated heterocycles. The Morgan fingerprint density at radius 2 is 2.38 bits per heavy atom. The third-order valence-corrected chi connectivity index (χ3v) is 3.34. The summed E-state index contributed by atoms with van der Waals surface area (Å²) in [6, 6.07) is 0. The van der Waals surface area contributed by atoms with Crippen LogP contribution in [0.25, 0.3) is 0 Å². The van der Waals surface area contributed by atoms with Crippen molar-refractivity contribution in [1.29, 1.82) is 0 Å². The molecule has 3 atom stereocenters. The minimum absolute atomic E-state index is 0.406. The van der Waals surface area contributed by atoms with Crippen molar-refractivity contribution in [1.82, 2.24) is 15.4 Å². The van der Waals surface area contributed by atoms with Crippen molar-refractivity contribution in [3.8, 4) is 5.88 Å². The van der Waals surface area contributed by atoms with Gasteiger partial charge >= 0.3 is 0 Å². The number of hydrogen-bond donors (Lipinski definition) is 1. The molecule has 0 aromatic carbocycles. The molecule has 2 aliphatic rings. The highest BCUT2D eigenvalue weighted by molar-refractivity contribution is 5.02. The van der Waals surface area contributed by atoms with Crippen LogP contribution in [0.5, 0.6) is 5.88 Å². The molecule has 0 radical (unpaired) electrons. The molecular formula is C9H13N3O. The molecule has 4 nitrogen and oxygen atoms in total. The number of nitrogens with one attached hydrogen (secondary N) is 1. The van der Waals surface area contributed by atoms with Gasteiger partial charge in [0.25, 0.3) is 5.88 Å². The van der Waals surface area contributed by atoms with Gasteiger partial charge in [-0.05, 0) is 37.5 Å². The number of ether oxygens (including phenoxy) is 1. The Kier molecular flexibility index (Phi) is 1.54. The van der Waals surface area contributed by atoms with Crippen molar-refractivity contribution in [2.24, 2.45) is 11.8 Å². The zero-order valence-corrected chi connectivity index (χ0v) is 7.44. The van der Waals surface area contributed by atoms with Crippen LogP contribution >= 0.6 is 0 Å². The summed E-state index contributed by atoms with van der Waals surface area (Å²) in [5.74, 6) is 2.35. The lowest BCUT2D eigenvalue weighted by Gasteiger charge is -2.21. The van der Waals surface area contributed by atoms with Gasteiger partial charge in [-0.1, -0.05) is 10.3 Å². The lowest BCUT2D eigenvalue weighted by Crippen LogP contribution is -2.23. The first-order chi connectivity index (χ1) is 6.42. The zero-order chi connectivity index (χ0) is 8.67. The van der Waals surface area contributed by atoms with E-state index in [0.29, 0.717) is 12.0 Å². The van der Waals surface area contributed by atoms with Crippen LogP contribution in [0.1, 0.15) is 25.7 Å². The van der Waals surface area contributed by atoms with Crippen molar-refractivity contribution < 1.29 is 4.74 Å². The molecule has 2 aliphatic carbocycles. The van der Waals surface area contributed by atoms with Crippen LogP contribution in [-0.4, -0.2) is 21.5 Å². The van der Waals surface area contributed by atoms with E-state index in [9.17, 15) is 0 Å². The summed E-state index contributed by atoms with van der Waals surface area (Å²) in [4.78, 5) is 0. The lowest BCUT2D eigenvalue weighted by atomic mass is 9.98. The van der Waals surface area contributed by atoms with Crippen LogP contribution in [0.2, 0.25) is 0 Å². The predicted molar refractivity (Wildman–Crippen MR) is 46.2 cm³/mol. The van der Waals surface area contributed by atoms with Gasteiger partial charge in [0.1, 0.15) is 6.10 Å². The second-order valence-corrected chi connectivity index (χ2v) is 4.14. The summed E-state index contributed by atoms with van der Waals surface area (Å²) in [5.41, 5.74) is 0. The highest BCUT2D eigenvalue weighted by Crippen LogP contribution is 2.45. The summed E-state index contributed by atoms with van der Waals surface area (Å²) in [5, 5.41) is 10.1. The van der Waals surface area contributed by atoms with Crippen molar-refractivity contribution in [3.05, 3.63) is 6.20 Å². The fraction of sp³-hybridized carbons (Fsp3) is 0.778. The molecule has 2 fully saturated rings. The van der Waals surface area contributed by atoms with Crippen LogP contribution in [0.3, 0.4) is 0 Å². The molecule has 0 aliphatic heterocycles.